The molecule has 0 radical (unpaired) electrons. The second-order valence-electron chi connectivity index (χ2n) is 3.89. The molecule has 1 aliphatic rings. The van der Waals surface area contributed by atoms with Gasteiger partial charge in [0.15, 0.2) is 0 Å². The summed E-state index contributed by atoms with van der Waals surface area (Å²) in [5.41, 5.74) is 1.42. The molecule has 0 bridgehead atoms. The highest BCUT2D eigenvalue weighted by Gasteiger charge is 2.22. The van der Waals surface area contributed by atoms with E-state index in [-0.39, 0.29) is 0 Å². The minimum absolute atomic E-state index is 0.517. The Bertz CT molecular complexity index is 274. The van der Waals surface area contributed by atoms with E-state index in [2.05, 4.69) is 27.0 Å². The molecule has 1 aromatic heterocycles. The van der Waals surface area contributed by atoms with Gasteiger partial charge in [-0.25, -0.2) is 0 Å². The Kier molecular flexibility index (Phi) is 4.14. The van der Waals surface area contributed by atoms with Crippen LogP contribution in [0.5, 0.6) is 0 Å². The maximum Gasteiger partial charge on any atom is 0.0635 e. The molecule has 0 spiro atoms. The minimum Gasteiger partial charge on any atom is -0.378 e. The monoisotopic (exact) mass is 226 g/mol. The summed E-state index contributed by atoms with van der Waals surface area (Å²) in [5, 5.41) is 7.60. The second kappa shape index (κ2) is 5.61. The van der Waals surface area contributed by atoms with E-state index in [1.54, 1.807) is 11.3 Å². The molecule has 1 unspecified atom stereocenters. The molecule has 1 fully saturated rings. The van der Waals surface area contributed by atoms with Gasteiger partial charge in [0, 0.05) is 25.7 Å². The first-order valence-electron chi connectivity index (χ1n) is 5.37. The van der Waals surface area contributed by atoms with Gasteiger partial charge in [0.2, 0.25) is 0 Å². The van der Waals surface area contributed by atoms with Gasteiger partial charge in [0.05, 0.1) is 13.2 Å². The Morgan fingerprint density at radius 1 is 1.67 bits per heavy atom. The van der Waals surface area contributed by atoms with E-state index in [0.717, 1.165) is 32.8 Å². The van der Waals surface area contributed by atoms with E-state index in [9.17, 15) is 0 Å². The smallest absolute Gasteiger partial charge is 0.0635 e. The molecule has 1 aromatic rings. The highest BCUT2D eigenvalue weighted by Crippen LogP contribution is 2.14. The lowest BCUT2D eigenvalue weighted by atomic mass is 10.2. The number of likely N-dealkylation sites (N-methyl/N-ethyl adjacent to an activating group) is 1. The molecule has 2 heterocycles. The summed E-state index contributed by atoms with van der Waals surface area (Å²) in [7, 11) is 2.00. The number of nitrogens with one attached hydrogen (secondary N) is 1. The molecule has 1 atom stereocenters. The van der Waals surface area contributed by atoms with Crippen molar-refractivity contribution in [2.75, 3.05) is 33.4 Å². The van der Waals surface area contributed by atoms with Gasteiger partial charge in [-0.1, -0.05) is 0 Å². The fraction of sp³-hybridized carbons (Fsp3) is 0.636. The second-order valence-corrected chi connectivity index (χ2v) is 4.67. The minimum atomic E-state index is 0.517. The molecule has 0 saturated carbocycles. The average Bonchev–Trinajstić information content (AvgIpc) is 2.74. The van der Waals surface area contributed by atoms with Crippen molar-refractivity contribution in [3.05, 3.63) is 22.4 Å². The van der Waals surface area contributed by atoms with Crippen LogP contribution in [0.4, 0.5) is 0 Å². The van der Waals surface area contributed by atoms with Gasteiger partial charge in [-0.05, 0) is 29.4 Å². The van der Waals surface area contributed by atoms with Crippen LogP contribution in [0.2, 0.25) is 0 Å². The molecule has 2 rings (SSSR count). The van der Waals surface area contributed by atoms with Crippen LogP contribution < -0.4 is 5.32 Å². The average molecular weight is 226 g/mol. The molecular weight excluding hydrogens is 208 g/mol. The van der Waals surface area contributed by atoms with Gasteiger partial charge in [-0.15, -0.1) is 0 Å². The van der Waals surface area contributed by atoms with Gasteiger partial charge in [-0.3, -0.25) is 4.90 Å². The summed E-state index contributed by atoms with van der Waals surface area (Å²) in [6.45, 7) is 4.82. The predicted octanol–water partition coefficient (Wildman–Crippen LogP) is 1.17. The molecule has 84 valence electrons. The standard InChI is InChI=1S/C11H18N2OS/c1-12-6-11-8-14-4-3-13(11)7-10-2-5-15-9-10/h2,5,9,11-12H,3-4,6-8H2,1H3. The molecule has 3 nitrogen and oxygen atoms in total. The summed E-state index contributed by atoms with van der Waals surface area (Å²) >= 11 is 1.77. The molecule has 0 aliphatic carbocycles. The van der Waals surface area contributed by atoms with Crippen molar-refractivity contribution >= 4 is 11.3 Å². The number of hydrogen-bond acceptors (Lipinski definition) is 4. The molecule has 0 aromatic carbocycles. The zero-order valence-corrected chi connectivity index (χ0v) is 9.93. The first-order chi connectivity index (χ1) is 7.40. The van der Waals surface area contributed by atoms with Crippen LogP contribution in [0.1, 0.15) is 5.56 Å². The van der Waals surface area contributed by atoms with Crippen molar-refractivity contribution < 1.29 is 4.74 Å². The van der Waals surface area contributed by atoms with E-state index < -0.39 is 0 Å². The van der Waals surface area contributed by atoms with Gasteiger partial charge in [0.25, 0.3) is 0 Å². The first kappa shape index (κ1) is 11.1. The Morgan fingerprint density at radius 3 is 3.33 bits per heavy atom. The first-order valence-corrected chi connectivity index (χ1v) is 6.32. The van der Waals surface area contributed by atoms with E-state index >= 15 is 0 Å². The van der Waals surface area contributed by atoms with Crippen LogP contribution in [0.15, 0.2) is 16.8 Å². The Hall–Kier alpha value is -0.420. The lowest BCUT2D eigenvalue weighted by Crippen LogP contribution is -2.49. The van der Waals surface area contributed by atoms with E-state index in [1.807, 2.05) is 7.05 Å². The van der Waals surface area contributed by atoms with E-state index in [0.29, 0.717) is 6.04 Å². The lowest BCUT2D eigenvalue weighted by molar-refractivity contribution is -0.0102. The number of morpholine rings is 1. The van der Waals surface area contributed by atoms with Crippen LogP contribution in [0.25, 0.3) is 0 Å². The number of rotatable bonds is 4. The zero-order valence-electron chi connectivity index (χ0n) is 9.11. The van der Waals surface area contributed by atoms with Crippen molar-refractivity contribution in [1.82, 2.24) is 10.2 Å². The molecule has 1 aliphatic heterocycles. The fourth-order valence-electron chi connectivity index (χ4n) is 1.94. The fourth-order valence-corrected chi connectivity index (χ4v) is 2.60. The van der Waals surface area contributed by atoms with Gasteiger partial charge < -0.3 is 10.1 Å². The van der Waals surface area contributed by atoms with Crippen LogP contribution in [-0.4, -0.2) is 44.3 Å². The lowest BCUT2D eigenvalue weighted by Gasteiger charge is -2.35. The Morgan fingerprint density at radius 2 is 2.60 bits per heavy atom. The maximum absolute atomic E-state index is 5.51. The topological polar surface area (TPSA) is 24.5 Å². The van der Waals surface area contributed by atoms with Crippen LogP contribution in [-0.2, 0) is 11.3 Å². The molecule has 1 N–H and O–H groups in total. The van der Waals surface area contributed by atoms with Gasteiger partial charge in [-0.2, -0.15) is 11.3 Å². The van der Waals surface area contributed by atoms with Crippen LogP contribution >= 0.6 is 11.3 Å². The SMILES string of the molecule is CNCC1COCCN1Cc1ccsc1. The van der Waals surface area contributed by atoms with Gasteiger partial charge in [0.1, 0.15) is 0 Å². The summed E-state index contributed by atoms with van der Waals surface area (Å²) in [6, 6.07) is 2.72. The van der Waals surface area contributed by atoms with Crippen molar-refractivity contribution in [2.24, 2.45) is 0 Å². The van der Waals surface area contributed by atoms with E-state index in [1.165, 1.54) is 5.56 Å². The van der Waals surface area contributed by atoms with E-state index in [4.69, 9.17) is 4.74 Å². The summed E-state index contributed by atoms with van der Waals surface area (Å²) < 4.78 is 5.51. The summed E-state index contributed by atoms with van der Waals surface area (Å²) in [5.74, 6) is 0. The Labute approximate surface area is 95.0 Å². The summed E-state index contributed by atoms with van der Waals surface area (Å²) in [6.07, 6.45) is 0. The molecule has 0 amide bonds. The Balaban J connectivity index is 1.92. The van der Waals surface area contributed by atoms with Crippen molar-refractivity contribution in [3.63, 3.8) is 0 Å². The normalized spacial score (nSPS) is 23.1. The van der Waals surface area contributed by atoms with Crippen molar-refractivity contribution in [3.8, 4) is 0 Å². The van der Waals surface area contributed by atoms with Crippen molar-refractivity contribution in [2.45, 2.75) is 12.6 Å². The number of hydrogen-bond donors (Lipinski definition) is 1. The highest BCUT2D eigenvalue weighted by molar-refractivity contribution is 7.07. The third-order valence-corrected chi connectivity index (χ3v) is 3.49. The summed E-state index contributed by atoms with van der Waals surface area (Å²) in [4.78, 5) is 2.50. The van der Waals surface area contributed by atoms with Crippen LogP contribution in [0, 0.1) is 0 Å². The highest BCUT2D eigenvalue weighted by atomic mass is 32.1. The third-order valence-electron chi connectivity index (χ3n) is 2.75. The maximum atomic E-state index is 5.51. The molecule has 4 heteroatoms. The molecule has 15 heavy (non-hydrogen) atoms. The third kappa shape index (κ3) is 3.01. The molecule has 1 saturated heterocycles. The van der Waals surface area contributed by atoms with Crippen molar-refractivity contribution in [1.29, 1.82) is 0 Å². The zero-order chi connectivity index (χ0) is 10.5. The quantitative estimate of drug-likeness (QED) is 0.834. The number of thiophene rings is 1. The number of nitrogens with zero attached hydrogens (tertiary/aromatic N) is 1. The van der Waals surface area contributed by atoms with Gasteiger partial charge >= 0.3 is 0 Å². The van der Waals surface area contributed by atoms with Crippen LogP contribution in [0.3, 0.4) is 0 Å². The molecular formula is C11H18N2OS. The largest absolute Gasteiger partial charge is 0.378 e. The number of ether oxygens (including phenoxy) is 1. The predicted molar refractivity (Wildman–Crippen MR) is 63.3 cm³/mol.